The molecule has 0 radical (unpaired) electrons. The van der Waals surface area contributed by atoms with Gasteiger partial charge in [0, 0.05) is 12.3 Å². The molecule has 0 aromatic carbocycles. The van der Waals surface area contributed by atoms with E-state index in [9.17, 15) is 26.3 Å². The zero-order valence-electron chi connectivity index (χ0n) is 8.27. The zero-order chi connectivity index (χ0) is 13.1. The van der Waals surface area contributed by atoms with Crippen molar-refractivity contribution in [2.24, 2.45) is 0 Å². The fourth-order valence-corrected chi connectivity index (χ4v) is 0.936. The number of pyridine rings is 1. The van der Waals surface area contributed by atoms with E-state index < -0.39 is 36.8 Å². The first-order valence-corrected chi connectivity index (χ1v) is 4.41. The van der Waals surface area contributed by atoms with Crippen LogP contribution in [0.15, 0.2) is 18.3 Å². The second-order valence-corrected chi connectivity index (χ2v) is 3.09. The lowest BCUT2D eigenvalue weighted by molar-refractivity contribution is -0.141. The van der Waals surface area contributed by atoms with Gasteiger partial charge in [0.05, 0.1) is 18.6 Å². The van der Waals surface area contributed by atoms with Crippen molar-refractivity contribution in [1.82, 2.24) is 4.98 Å². The zero-order valence-corrected chi connectivity index (χ0v) is 8.27. The molecule has 96 valence electrons. The molecule has 0 atom stereocenters. The Labute approximate surface area is 92.2 Å². The van der Waals surface area contributed by atoms with E-state index in [1.807, 2.05) is 0 Å². The molecule has 1 aromatic rings. The Morgan fingerprint density at radius 1 is 1.12 bits per heavy atom. The van der Waals surface area contributed by atoms with Crippen LogP contribution in [0.4, 0.5) is 26.3 Å². The van der Waals surface area contributed by atoms with Crippen molar-refractivity contribution in [3.8, 4) is 5.88 Å². The third-order valence-corrected chi connectivity index (χ3v) is 1.70. The molecule has 8 heteroatoms. The van der Waals surface area contributed by atoms with E-state index in [1.165, 1.54) is 0 Å². The molecule has 0 aliphatic carbocycles. The number of aromatic nitrogens is 1. The number of ether oxygens (including phenoxy) is 1. The van der Waals surface area contributed by atoms with E-state index in [0.717, 1.165) is 6.20 Å². The van der Waals surface area contributed by atoms with E-state index in [1.54, 1.807) is 0 Å². The number of nitrogens with zero attached hydrogens (tertiary/aromatic N) is 1. The van der Waals surface area contributed by atoms with Crippen LogP contribution in [0.5, 0.6) is 5.88 Å². The second kappa shape index (κ2) is 4.80. The highest BCUT2D eigenvalue weighted by molar-refractivity contribution is 5.22. The number of alkyl halides is 6. The minimum Gasteiger partial charge on any atom is -0.477 e. The van der Waals surface area contributed by atoms with Gasteiger partial charge in [0.15, 0.2) is 0 Å². The fourth-order valence-electron chi connectivity index (χ4n) is 0.936. The Hall–Kier alpha value is -1.47. The van der Waals surface area contributed by atoms with Crippen molar-refractivity contribution in [3.05, 3.63) is 23.9 Å². The highest BCUT2D eigenvalue weighted by atomic mass is 19.4. The van der Waals surface area contributed by atoms with Crippen LogP contribution >= 0.6 is 0 Å². The first-order valence-electron chi connectivity index (χ1n) is 4.41. The molecular formula is C9H7F6NO. The summed E-state index contributed by atoms with van der Waals surface area (Å²) in [6.07, 6.45) is -9.41. The Bertz CT molecular complexity index is 372. The van der Waals surface area contributed by atoms with Crippen molar-refractivity contribution in [3.63, 3.8) is 0 Å². The van der Waals surface area contributed by atoms with E-state index in [-0.39, 0.29) is 0 Å². The molecule has 0 amide bonds. The Balaban J connectivity index is 2.61. The predicted molar refractivity (Wildman–Crippen MR) is 45.4 cm³/mol. The van der Waals surface area contributed by atoms with E-state index in [0.29, 0.717) is 12.1 Å². The number of hydrogen-bond donors (Lipinski definition) is 0. The lowest BCUT2D eigenvalue weighted by Crippen LogP contribution is -2.14. The predicted octanol–water partition coefficient (Wildman–Crippen LogP) is 3.43. The largest absolute Gasteiger partial charge is 0.477 e. The molecule has 17 heavy (non-hydrogen) atoms. The first kappa shape index (κ1) is 13.6. The quantitative estimate of drug-likeness (QED) is 0.776. The van der Waals surface area contributed by atoms with Crippen LogP contribution in [0.1, 0.15) is 12.0 Å². The van der Waals surface area contributed by atoms with Crippen LogP contribution in [0, 0.1) is 0 Å². The van der Waals surface area contributed by atoms with E-state index in [4.69, 9.17) is 0 Å². The number of halogens is 6. The Kier molecular flexibility index (Phi) is 3.84. The van der Waals surface area contributed by atoms with Crippen LogP contribution in [-0.2, 0) is 6.18 Å². The maximum atomic E-state index is 12.2. The molecule has 1 aromatic heterocycles. The first-order chi connectivity index (χ1) is 7.68. The van der Waals surface area contributed by atoms with Gasteiger partial charge in [0.1, 0.15) is 0 Å². The molecule has 0 fully saturated rings. The molecule has 0 unspecified atom stereocenters. The number of hydrogen-bond acceptors (Lipinski definition) is 2. The van der Waals surface area contributed by atoms with E-state index >= 15 is 0 Å². The standard InChI is InChI=1S/C9H7F6NO/c10-8(11,12)2-4-17-7-5-6(1-3-16-7)9(13,14)15/h1,3,5H,2,4H2. The molecule has 0 saturated carbocycles. The average molecular weight is 259 g/mol. The number of rotatable bonds is 3. The maximum absolute atomic E-state index is 12.2. The summed E-state index contributed by atoms with van der Waals surface area (Å²) in [7, 11) is 0. The minimum absolute atomic E-state index is 0.482. The SMILES string of the molecule is FC(F)(F)CCOc1cc(C(F)(F)F)ccn1. The monoisotopic (exact) mass is 259 g/mol. The molecule has 0 spiro atoms. The summed E-state index contributed by atoms with van der Waals surface area (Å²) in [5, 5.41) is 0. The van der Waals surface area contributed by atoms with Gasteiger partial charge in [0.2, 0.25) is 5.88 Å². The third kappa shape index (κ3) is 4.92. The van der Waals surface area contributed by atoms with Gasteiger partial charge in [-0.05, 0) is 6.07 Å². The molecule has 2 nitrogen and oxygen atoms in total. The maximum Gasteiger partial charge on any atom is 0.416 e. The van der Waals surface area contributed by atoms with Crippen molar-refractivity contribution in [1.29, 1.82) is 0 Å². The average Bonchev–Trinajstić information content (AvgIpc) is 2.15. The van der Waals surface area contributed by atoms with Crippen LogP contribution in [0.3, 0.4) is 0 Å². The highest BCUT2D eigenvalue weighted by Gasteiger charge is 2.31. The van der Waals surface area contributed by atoms with Gasteiger partial charge in [-0.25, -0.2) is 4.98 Å². The van der Waals surface area contributed by atoms with Crippen molar-refractivity contribution >= 4 is 0 Å². The summed E-state index contributed by atoms with van der Waals surface area (Å²) in [6, 6.07) is 1.26. The van der Waals surface area contributed by atoms with Gasteiger partial charge in [-0.3, -0.25) is 0 Å². The third-order valence-electron chi connectivity index (χ3n) is 1.70. The van der Waals surface area contributed by atoms with Crippen LogP contribution in [-0.4, -0.2) is 17.8 Å². The van der Waals surface area contributed by atoms with E-state index in [2.05, 4.69) is 9.72 Å². The summed E-state index contributed by atoms with van der Waals surface area (Å²) in [5.74, 6) is -0.482. The lowest BCUT2D eigenvalue weighted by Gasteiger charge is -2.10. The highest BCUT2D eigenvalue weighted by Crippen LogP contribution is 2.30. The van der Waals surface area contributed by atoms with Crippen molar-refractivity contribution < 1.29 is 31.1 Å². The van der Waals surface area contributed by atoms with Gasteiger partial charge in [-0.1, -0.05) is 0 Å². The van der Waals surface area contributed by atoms with Gasteiger partial charge in [-0.15, -0.1) is 0 Å². The molecule has 1 heterocycles. The second-order valence-electron chi connectivity index (χ2n) is 3.09. The molecule has 0 aliphatic heterocycles. The van der Waals surface area contributed by atoms with Crippen molar-refractivity contribution in [2.45, 2.75) is 18.8 Å². The normalized spacial score (nSPS) is 12.6. The summed E-state index contributed by atoms with van der Waals surface area (Å²) in [4.78, 5) is 3.38. The Morgan fingerprint density at radius 3 is 2.29 bits per heavy atom. The molecule has 0 bridgehead atoms. The molecule has 1 rings (SSSR count). The van der Waals surface area contributed by atoms with Gasteiger partial charge in [-0.2, -0.15) is 26.3 Å². The smallest absolute Gasteiger partial charge is 0.416 e. The summed E-state index contributed by atoms with van der Waals surface area (Å²) in [6.45, 7) is -0.766. The summed E-state index contributed by atoms with van der Waals surface area (Å²) >= 11 is 0. The topological polar surface area (TPSA) is 22.1 Å². The summed E-state index contributed by atoms with van der Waals surface area (Å²) < 4.78 is 76.4. The van der Waals surface area contributed by atoms with Crippen LogP contribution < -0.4 is 4.74 Å². The molecule has 0 saturated heterocycles. The molecular weight excluding hydrogens is 252 g/mol. The van der Waals surface area contributed by atoms with Crippen LogP contribution in [0.2, 0.25) is 0 Å². The Morgan fingerprint density at radius 2 is 1.76 bits per heavy atom. The van der Waals surface area contributed by atoms with Gasteiger partial charge in [0.25, 0.3) is 0 Å². The summed E-state index contributed by atoms with van der Waals surface area (Å²) in [5.41, 5.74) is -1.02. The lowest BCUT2D eigenvalue weighted by atomic mass is 10.2. The van der Waals surface area contributed by atoms with Crippen LogP contribution in [0.25, 0.3) is 0 Å². The van der Waals surface area contributed by atoms with Gasteiger partial charge >= 0.3 is 12.4 Å². The minimum atomic E-state index is -4.58. The van der Waals surface area contributed by atoms with Crippen molar-refractivity contribution in [2.75, 3.05) is 6.61 Å². The molecule has 0 N–H and O–H groups in total. The van der Waals surface area contributed by atoms with Gasteiger partial charge < -0.3 is 4.74 Å². The molecule has 0 aliphatic rings. The fraction of sp³-hybridized carbons (Fsp3) is 0.444.